The molecule has 3 rings (SSSR count). The molecular weight excluding hydrogens is 395 g/mol. The van der Waals surface area contributed by atoms with E-state index in [1.165, 1.54) is 21.6 Å². The Morgan fingerprint density at radius 2 is 1.96 bits per heavy atom. The van der Waals surface area contributed by atoms with Crippen LogP contribution in [-0.2, 0) is 13.8 Å². The fourth-order valence-corrected chi connectivity index (χ4v) is 2.82. The summed E-state index contributed by atoms with van der Waals surface area (Å²) in [5, 5.41) is 11.3. The van der Waals surface area contributed by atoms with Crippen LogP contribution in [0.4, 0.5) is 5.69 Å². The smallest absolute Gasteiger partial charge is 0.276 e. The van der Waals surface area contributed by atoms with Crippen LogP contribution < -0.4 is 15.8 Å². The molecule has 0 atom stereocenters. The van der Waals surface area contributed by atoms with Crippen molar-refractivity contribution in [3.63, 3.8) is 0 Å². The van der Waals surface area contributed by atoms with E-state index in [1.807, 2.05) is 0 Å². The Hall–Kier alpha value is -3.04. The van der Waals surface area contributed by atoms with Gasteiger partial charge in [0.15, 0.2) is 18.2 Å². The fraction of sp³-hybridized carbons (Fsp3) is 0.125. The average molecular weight is 409 g/mol. The van der Waals surface area contributed by atoms with Crippen LogP contribution in [0.2, 0.25) is 10.0 Å². The van der Waals surface area contributed by atoms with Crippen molar-refractivity contribution < 1.29 is 14.3 Å². The number of hydrogen-bond acceptors (Lipinski definition) is 5. The maximum absolute atomic E-state index is 12.3. The van der Waals surface area contributed by atoms with Crippen LogP contribution in [0.1, 0.15) is 21.0 Å². The number of carbonyl (C=O) groups excluding carboxylic acids is 2. The lowest BCUT2D eigenvalue weighted by atomic mass is 10.3. The van der Waals surface area contributed by atoms with E-state index in [0.717, 1.165) is 0 Å². The van der Waals surface area contributed by atoms with Crippen LogP contribution in [0, 0.1) is 0 Å². The summed E-state index contributed by atoms with van der Waals surface area (Å²) in [7, 11) is 1.54. The van der Waals surface area contributed by atoms with E-state index >= 15 is 0 Å². The minimum atomic E-state index is -0.708. The molecule has 0 spiro atoms. The van der Waals surface area contributed by atoms with Crippen molar-refractivity contribution in [1.29, 1.82) is 0 Å². The van der Waals surface area contributed by atoms with E-state index in [1.54, 1.807) is 31.4 Å². The van der Waals surface area contributed by atoms with E-state index < -0.39 is 11.8 Å². The van der Waals surface area contributed by atoms with E-state index in [9.17, 15) is 9.59 Å². The topological polar surface area (TPSA) is 117 Å². The zero-order valence-electron chi connectivity index (χ0n) is 14.0. The van der Waals surface area contributed by atoms with Crippen LogP contribution in [0.5, 0.6) is 5.75 Å². The molecule has 0 aliphatic rings. The molecule has 11 heteroatoms. The second-order valence-corrected chi connectivity index (χ2v) is 6.23. The second-order valence-electron chi connectivity index (χ2n) is 5.41. The van der Waals surface area contributed by atoms with Crippen molar-refractivity contribution in [3.05, 3.63) is 58.1 Å². The molecule has 3 aromatic rings. The average Bonchev–Trinajstić information content (AvgIpc) is 3.21. The van der Waals surface area contributed by atoms with E-state index in [0.29, 0.717) is 15.8 Å². The molecule has 2 amide bonds. The van der Waals surface area contributed by atoms with Crippen LogP contribution >= 0.6 is 23.2 Å². The number of benzene rings is 1. The van der Waals surface area contributed by atoms with Gasteiger partial charge in [0, 0.05) is 13.2 Å². The summed E-state index contributed by atoms with van der Waals surface area (Å²) in [6.45, 7) is -0.00381. The molecule has 0 aliphatic heterocycles. The molecule has 0 saturated heterocycles. The van der Waals surface area contributed by atoms with Crippen LogP contribution in [-0.4, -0.2) is 31.4 Å². The predicted molar refractivity (Wildman–Crippen MR) is 99.0 cm³/mol. The summed E-state index contributed by atoms with van der Waals surface area (Å²) >= 11 is 12.1. The molecular formula is C16H14Cl2N6O3. The Kier molecular flexibility index (Phi) is 5.33. The minimum absolute atomic E-state index is 0.00381. The Morgan fingerprint density at radius 3 is 2.63 bits per heavy atom. The van der Waals surface area contributed by atoms with Crippen LogP contribution in [0.15, 0.2) is 36.7 Å². The van der Waals surface area contributed by atoms with Crippen LogP contribution in [0.3, 0.4) is 0 Å². The van der Waals surface area contributed by atoms with Crippen molar-refractivity contribution in [3.8, 4) is 5.75 Å². The normalized spacial score (nSPS) is 10.6. The molecule has 0 fully saturated rings. The van der Waals surface area contributed by atoms with Gasteiger partial charge in [-0.3, -0.25) is 14.3 Å². The third-order valence-electron chi connectivity index (χ3n) is 3.55. The highest BCUT2D eigenvalue weighted by molar-refractivity contribution is 6.37. The highest BCUT2D eigenvalue weighted by Crippen LogP contribution is 2.32. The summed E-state index contributed by atoms with van der Waals surface area (Å²) in [6, 6.07) is 6.49. The number of aromatic nitrogens is 4. The highest BCUT2D eigenvalue weighted by Gasteiger charge is 2.18. The third kappa shape index (κ3) is 4.04. The van der Waals surface area contributed by atoms with Crippen molar-refractivity contribution in [2.45, 2.75) is 6.73 Å². The molecule has 27 heavy (non-hydrogen) atoms. The number of anilines is 1. The van der Waals surface area contributed by atoms with Gasteiger partial charge in [0.05, 0.1) is 21.9 Å². The van der Waals surface area contributed by atoms with Crippen molar-refractivity contribution in [2.24, 2.45) is 12.8 Å². The number of halogens is 2. The second kappa shape index (κ2) is 7.68. The first kappa shape index (κ1) is 18.7. The standard InChI is InChI=1S/C16H14Cl2N6O3/c1-23-13(15(19)25)12(7-20-23)21-16(26)11-5-6-24(22-11)8-27-14-9(17)3-2-4-10(14)18/h2-7H,8H2,1H3,(H2,19,25)(H,21,26). The first-order valence-corrected chi connectivity index (χ1v) is 8.36. The van der Waals surface area contributed by atoms with Gasteiger partial charge in [-0.05, 0) is 18.2 Å². The maximum atomic E-state index is 12.3. The molecule has 0 radical (unpaired) electrons. The van der Waals surface area contributed by atoms with Crippen molar-refractivity contribution in [1.82, 2.24) is 19.6 Å². The number of ether oxygens (including phenoxy) is 1. The quantitative estimate of drug-likeness (QED) is 0.648. The predicted octanol–water partition coefficient (Wildman–Crippen LogP) is 2.31. The largest absolute Gasteiger partial charge is 0.468 e. The Morgan fingerprint density at radius 1 is 1.26 bits per heavy atom. The molecule has 0 bridgehead atoms. The van der Waals surface area contributed by atoms with Crippen LogP contribution in [0.25, 0.3) is 0 Å². The Labute approximate surface area is 163 Å². The van der Waals surface area contributed by atoms with Gasteiger partial charge in [-0.1, -0.05) is 29.3 Å². The number of carbonyl (C=O) groups is 2. The number of aryl methyl sites for hydroxylation is 1. The summed E-state index contributed by atoms with van der Waals surface area (Å²) in [6.07, 6.45) is 2.88. The lowest BCUT2D eigenvalue weighted by Crippen LogP contribution is -2.20. The molecule has 0 saturated carbocycles. The van der Waals surface area contributed by atoms with Gasteiger partial charge in [-0.25, -0.2) is 4.68 Å². The number of nitrogens with one attached hydrogen (secondary N) is 1. The van der Waals surface area contributed by atoms with Gasteiger partial charge < -0.3 is 15.8 Å². The highest BCUT2D eigenvalue weighted by atomic mass is 35.5. The van der Waals surface area contributed by atoms with Gasteiger partial charge in [-0.2, -0.15) is 10.2 Å². The van der Waals surface area contributed by atoms with Gasteiger partial charge in [0.2, 0.25) is 0 Å². The zero-order valence-corrected chi connectivity index (χ0v) is 15.5. The first-order valence-electron chi connectivity index (χ1n) is 7.60. The third-order valence-corrected chi connectivity index (χ3v) is 4.15. The summed E-state index contributed by atoms with van der Waals surface area (Å²) < 4.78 is 8.22. The van der Waals surface area contributed by atoms with Gasteiger partial charge in [-0.15, -0.1) is 0 Å². The number of para-hydroxylation sites is 1. The molecule has 3 N–H and O–H groups in total. The van der Waals surface area contributed by atoms with E-state index in [2.05, 4.69) is 15.5 Å². The first-order chi connectivity index (χ1) is 12.9. The van der Waals surface area contributed by atoms with E-state index in [4.69, 9.17) is 33.7 Å². The molecule has 0 aliphatic carbocycles. The minimum Gasteiger partial charge on any atom is -0.468 e. The van der Waals surface area contributed by atoms with Gasteiger partial charge >= 0.3 is 0 Å². The number of nitrogens with two attached hydrogens (primary N) is 1. The molecule has 2 heterocycles. The summed E-state index contributed by atoms with van der Waals surface area (Å²) in [5.41, 5.74) is 5.68. The molecule has 0 unspecified atom stereocenters. The van der Waals surface area contributed by atoms with Crippen molar-refractivity contribution in [2.75, 3.05) is 5.32 Å². The summed E-state index contributed by atoms with van der Waals surface area (Å²) in [4.78, 5) is 23.8. The number of amides is 2. The molecule has 2 aromatic heterocycles. The molecule has 1 aromatic carbocycles. The zero-order chi connectivity index (χ0) is 19.6. The lowest BCUT2D eigenvalue weighted by molar-refractivity contribution is 0.0992. The lowest BCUT2D eigenvalue weighted by Gasteiger charge is -2.09. The molecule has 140 valence electrons. The van der Waals surface area contributed by atoms with Gasteiger partial charge in [0.25, 0.3) is 11.8 Å². The van der Waals surface area contributed by atoms with E-state index in [-0.39, 0.29) is 23.8 Å². The monoisotopic (exact) mass is 408 g/mol. The van der Waals surface area contributed by atoms with Crippen molar-refractivity contribution >= 4 is 40.7 Å². The maximum Gasteiger partial charge on any atom is 0.276 e. The Bertz CT molecular complexity index is 993. The summed E-state index contributed by atoms with van der Waals surface area (Å²) in [5.74, 6) is -0.912. The number of hydrogen-bond donors (Lipinski definition) is 2. The number of primary amides is 1. The fourth-order valence-electron chi connectivity index (χ4n) is 2.31. The number of nitrogens with zero attached hydrogens (tertiary/aromatic N) is 4. The molecule has 9 nitrogen and oxygen atoms in total. The Balaban J connectivity index is 1.69. The van der Waals surface area contributed by atoms with Gasteiger partial charge in [0.1, 0.15) is 5.69 Å². The number of rotatable bonds is 6. The SMILES string of the molecule is Cn1ncc(NC(=O)c2ccn(COc3c(Cl)cccc3Cl)n2)c1C(N)=O.